The average molecular weight is 443 g/mol. The van der Waals surface area contributed by atoms with Crippen LogP contribution in [0.5, 0.6) is 11.5 Å². The summed E-state index contributed by atoms with van der Waals surface area (Å²) in [5.74, 6) is 1.40. The molecule has 6 nitrogen and oxygen atoms in total. The van der Waals surface area contributed by atoms with Gasteiger partial charge in [0.1, 0.15) is 36.9 Å². The third kappa shape index (κ3) is 6.33. The number of hydrogen-bond donors (Lipinski definition) is 2. The highest BCUT2D eigenvalue weighted by Gasteiger charge is 2.18. The van der Waals surface area contributed by atoms with Gasteiger partial charge in [0, 0.05) is 34.8 Å². The van der Waals surface area contributed by atoms with Crippen molar-refractivity contribution in [2.75, 3.05) is 39.6 Å². The molecule has 0 bridgehead atoms. The van der Waals surface area contributed by atoms with Crippen LogP contribution in [0.15, 0.2) is 48.5 Å². The second kappa shape index (κ2) is 12.6. The van der Waals surface area contributed by atoms with Crippen molar-refractivity contribution in [3.8, 4) is 11.5 Å². The Morgan fingerprint density at radius 1 is 0.594 bits per heavy atom. The number of fused-ring (bicyclic) bond motifs is 2. The monoisotopic (exact) mass is 442 g/mol. The second-order valence-electron chi connectivity index (χ2n) is 7.83. The fourth-order valence-corrected chi connectivity index (χ4v) is 3.54. The van der Waals surface area contributed by atoms with Crippen LogP contribution in [-0.4, -0.2) is 62.1 Å². The first kappa shape index (κ1) is 24.3. The second-order valence-corrected chi connectivity index (χ2v) is 7.83. The number of ether oxygens (including phenoxy) is 4. The van der Waals surface area contributed by atoms with Crippen molar-refractivity contribution in [3.05, 3.63) is 48.5 Å². The standard InChI is InChI=1S/C26H34O6/c1-3-13-29-15-19(27)17-31-25-21-9-5-7-11-23(21)26(24-12-8-6-10-22(24)25)32-18-20(28)16-30-14-4-2/h5-12,19-20,27-28H,3-4,13-18H2,1-2H3. The van der Waals surface area contributed by atoms with Crippen LogP contribution in [0.2, 0.25) is 0 Å². The van der Waals surface area contributed by atoms with Gasteiger partial charge in [-0.2, -0.15) is 0 Å². The summed E-state index contributed by atoms with van der Waals surface area (Å²) in [6, 6.07) is 15.7. The number of aliphatic hydroxyl groups is 2. The van der Waals surface area contributed by atoms with Gasteiger partial charge in [0.25, 0.3) is 0 Å². The minimum Gasteiger partial charge on any atom is -0.489 e. The van der Waals surface area contributed by atoms with Gasteiger partial charge in [-0.1, -0.05) is 62.4 Å². The van der Waals surface area contributed by atoms with E-state index in [4.69, 9.17) is 18.9 Å². The van der Waals surface area contributed by atoms with Crippen molar-refractivity contribution >= 4 is 21.5 Å². The van der Waals surface area contributed by atoms with Gasteiger partial charge in [-0.05, 0) is 12.8 Å². The maximum Gasteiger partial charge on any atom is 0.135 e. The minimum atomic E-state index is -0.715. The van der Waals surface area contributed by atoms with Gasteiger partial charge in [0.2, 0.25) is 0 Å². The van der Waals surface area contributed by atoms with E-state index in [1.54, 1.807) is 0 Å². The van der Waals surface area contributed by atoms with E-state index >= 15 is 0 Å². The Labute approximate surface area is 189 Å². The molecule has 0 fully saturated rings. The van der Waals surface area contributed by atoms with E-state index in [0.717, 1.165) is 34.4 Å². The van der Waals surface area contributed by atoms with Gasteiger partial charge >= 0.3 is 0 Å². The molecule has 0 aliphatic rings. The summed E-state index contributed by atoms with van der Waals surface area (Å²) < 4.78 is 23.1. The van der Waals surface area contributed by atoms with E-state index in [1.165, 1.54) is 0 Å². The normalized spacial score (nSPS) is 13.4. The van der Waals surface area contributed by atoms with Gasteiger partial charge in [-0.15, -0.1) is 0 Å². The molecular weight excluding hydrogens is 408 g/mol. The van der Waals surface area contributed by atoms with E-state index in [9.17, 15) is 10.2 Å². The minimum absolute atomic E-state index is 0.130. The molecular formula is C26H34O6. The molecule has 0 amide bonds. The lowest BCUT2D eigenvalue weighted by atomic mass is 10.0. The summed E-state index contributed by atoms with van der Waals surface area (Å²) in [5.41, 5.74) is 0. The molecule has 2 unspecified atom stereocenters. The maximum absolute atomic E-state index is 10.3. The number of hydrogen-bond acceptors (Lipinski definition) is 6. The van der Waals surface area contributed by atoms with Crippen molar-refractivity contribution < 1.29 is 29.2 Å². The summed E-state index contributed by atoms with van der Waals surface area (Å²) in [5, 5.41) is 24.1. The average Bonchev–Trinajstić information content (AvgIpc) is 2.81. The fraction of sp³-hybridized carbons (Fsp3) is 0.462. The van der Waals surface area contributed by atoms with Crippen LogP contribution in [0, 0.1) is 0 Å². The maximum atomic E-state index is 10.3. The third-order valence-corrected chi connectivity index (χ3v) is 4.99. The van der Waals surface area contributed by atoms with Crippen LogP contribution in [0.3, 0.4) is 0 Å². The lowest BCUT2D eigenvalue weighted by Gasteiger charge is -2.20. The number of rotatable bonds is 14. The number of benzene rings is 3. The zero-order valence-electron chi connectivity index (χ0n) is 19.0. The Balaban J connectivity index is 1.87. The van der Waals surface area contributed by atoms with Crippen molar-refractivity contribution in [1.29, 1.82) is 0 Å². The molecule has 0 saturated carbocycles. The number of aliphatic hydroxyl groups excluding tert-OH is 2. The third-order valence-electron chi connectivity index (χ3n) is 4.99. The van der Waals surface area contributed by atoms with E-state index in [-0.39, 0.29) is 26.4 Å². The smallest absolute Gasteiger partial charge is 0.135 e. The Morgan fingerprint density at radius 3 is 1.25 bits per heavy atom. The van der Waals surface area contributed by atoms with Crippen molar-refractivity contribution in [1.82, 2.24) is 0 Å². The van der Waals surface area contributed by atoms with E-state index in [0.29, 0.717) is 24.7 Å². The SMILES string of the molecule is CCCOCC(O)COc1c2ccccc2c(OCC(O)COCCC)c2ccccc12. The zero-order valence-corrected chi connectivity index (χ0v) is 19.0. The van der Waals surface area contributed by atoms with Crippen LogP contribution in [0.4, 0.5) is 0 Å². The van der Waals surface area contributed by atoms with Crippen LogP contribution in [-0.2, 0) is 9.47 Å². The Bertz CT molecular complexity index is 838. The molecule has 6 heteroatoms. The molecule has 0 aromatic heterocycles. The lowest BCUT2D eigenvalue weighted by molar-refractivity contribution is 0.0125. The van der Waals surface area contributed by atoms with Crippen LogP contribution in [0.25, 0.3) is 21.5 Å². The summed E-state index contributed by atoms with van der Waals surface area (Å²) >= 11 is 0. The molecule has 2 atom stereocenters. The van der Waals surface area contributed by atoms with Gasteiger partial charge in [0.05, 0.1) is 13.2 Å². The van der Waals surface area contributed by atoms with Gasteiger partial charge in [-0.25, -0.2) is 0 Å². The topological polar surface area (TPSA) is 77.4 Å². The van der Waals surface area contributed by atoms with Gasteiger partial charge in [-0.3, -0.25) is 0 Å². The molecule has 32 heavy (non-hydrogen) atoms. The Morgan fingerprint density at radius 2 is 0.938 bits per heavy atom. The molecule has 2 N–H and O–H groups in total. The summed E-state index contributed by atoms with van der Waals surface area (Å²) in [7, 11) is 0. The Kier molecular flexibility index (Phi) is 9.56. The van der Waals surface area contributed by atoms with Crippen LogP contribution >= 0.6 is 0 Å². The molecule has 0 aliphatic carbocycles. The molecule has 174 valence electrons. The molecule has 0 aliphatic heterocycles. The summed E-state index contributed by atoms with van der Waals surface area (Å²) in [6.07, 6.45) is 0.384. The molecule has 3 rings (SSSR count). The first-order valence-corrected chi connectivity index (χ1v) is 11.4. The molecule has 3 aromatic carbocycles. The summed E-state index contributed by atoms with van der Waals surface area (Å²) in [6.45, 7) is 6.03. The molecule has 0 radical (unpaired) electrons. The lowest BCUT2D eigenvalue weighted by Crippen LogP contribution is -2.24. The molecule has 0 heterocycles. The molecule has 0 spiro atoms. The molecule has 3 aromatic rings. The van der Waals surface area contributed by atoms with E-state index in [2.05, 4.69) is 0 Å². The highest BCUT2D eigenvalue weighted by Crippen LogP contribution is 2.42. The largest absolute Gasteiger partial charge is 0.489 e. The van der Waals surface area contributed by atoms with Crippen molar-refractivity contribution in [3.63, 3.8) is 0 Å². The van der Waals surface area contributed by atoms with Crippen molar-refractivity contribution in [2.45, 2.75) is 38.9 Å². The predicted octanol–water partition coefficient (Wildman–Crippen LogP) is 4.33. The highest BCUT2D eigenvalue weighted by molar-refractivity contribution is 6.11. The summed E-state index contributed by atoms with van der Waals surface area (Å²) in [4.78, 5) is 0. The van der Waals surface area contributed by atoms with Crippen molar-refractivity contribution in [2.24, 2.45) is 0 Å². The Hall–Kier alpha value is -2.38. The highest BCUT2D eigenvalue weighted by atomic mass is 16.5. The molecule has 0 saturated heterocycles. The van der Waals surface area contributed by atoms with E-state index in [1.807, 2.05) is 62.4 Å². The quantitative estimate of drug-likeness (QED) is 0.286. The van der Waals surface area contributed by atoms with Crippen LogP contribution in [0.1, 0.15) is 26.7 Å². The van der Waals surface area contributed by atoms with Gasteiger partial charge in [0.15, 0.2) is 0 Å². The zero-order chi connectivity index (χ0) is 22.8. The van der Waals surface area contributed by atoms with Gasteiger partial charge < -0.3 is 29.2 Å². The predicted molar refractivity (Wildman–Crippen MR) is 127 cm³/mol. The first-order chi connectivity index (χ1) is 15.7. The fourth-order valence-electron chi connectivity index (χ4n) is 3.54. The first-order valence-electron chi connectivity index (χ1n) is 11.4. The van der Waals surface area contributed by atoms with E-state index < -0.39 is 12.2 Å². The van der Waals surface area contributed by atoms with Crippen LogP contribution < -0.4 is 9.47 Å².